The van der Waals surface area contributed by atoms with Crippen LogP contribution in [0.1, 0.15) is 49.3 Å². The fourth-order valence-corrected chi connectivity index (χ4v) is 3.30. The summed E-state index contributed by atoms with van der Waals surface area (Å²) < 4.78 is 28.0. The fraction of sp³-hybridized carbons (Fsp3) is 0.333. The molecular formula is C18H18Cl2F2. The van der Waals surface area contributed by atoms with Crippen molar-refractivity contribution in [2.45, 2.75) is 39.0 Å². The van der Waals surface area contributed by atoms with E-state index in [1.165, 1.54) is 18.2 Å². The Morgan fingerprint density at radius 3 is 2.23 bits per heavy atom. The predicted octanol–water partition coefficient (Wildman–Crippen LogP) is 6.74. The minimum absolute atomic E-state index is 0.000476. The molecule has 0 aliphatic rings. The molecular weight excluding hydrogens is 325 g/mol. The molecule has 0 saturated heterocycles. The third-order valence-corrected chi connectivity index (χ3v) is 4.47. The summed E-state index contributed by atoms with van der Waals surface area (Å²) in [4.78, 5) is 0. The summed E-state index contributed by atoms with van der Waals surface area (Å²) >= 11 is 12.2. The van der Waals surface area contributed by atoms with E-state index in [1.807, 2.05) is 20.8 Å². The first-order chi connectivity index (χ1) is 10.3. The molecule has 2 aromatic rings. The van der Waals surface area contributed by atoms with Gasteiger partial charge in [-0.15, -0.1) is 0 Å². The molecule has 0 aliphatic carbocycles. The Hall–Kier alpha value is -1.12. The molecule has 1 unspecified atom stereocenters. The van der Waals surface area contributed by atoms with Crippen molar-refractivity contribution in [1.29, 1.82) is 0 Å². The minimum Gasteiger partial charge on any atom is -0.207 e. The number of hydrogen-bond acceptors (Lipinski definition) is 0. The van der Waals surface area contributed by atoms with Crippen molar-refractivity contribution in [2.24, 2.45) is 0 Å². The lowest BCUT2D eigenvalue weighted by molar-refractivity contribution is 0.572. The number of rotatable bonds is 4. The molecule has 0 N–H and O–H groups in total. The maximum absolute atomic E-state index is 14.6. The van der Waals surface area contributed by atoms with Crippen molar-refractivity contribution in [3.63, 3.8) is 0 Å². The van der Waals surface area contributed by atoms with Crippen LogP contribution in [0.25, 0.3) is 0 Å². The van der Waals surface area contributed by atoms with E-state index in [-0.39, 0.29) is 23.5 Å². The molecule has 1 atom stereocenters. The Bertz CT molecular complexity index is 681. The molecule has 0 aromatic heterocycles. The van der Waals surface area contributed by atoms with Gasteiger partial charge >= 0.3 is 0 Å². The van der Waals surface area contributed by atoms with Gasteiger partial charge in [-0.2, -0.15) is 0 Å². The Kier molecular flexibility index (Phi) is 5.46. The molecule has 118 valence electrons. The maximum atomic E-state index is 14.6. The van der Waals surface area contributed by atoms with Crippen LogP contribution in [-0.4, -0.2) is 0 Å². The smallest absolute Gasteiger partial charge is 0.131 e. The van der Waals surface area contributed by atoms with Crippen molar-refractivity contribution >= 4 is 23.2 Å². The standard InChI is InChI=1S/C18H18Cl2F2/c1-10(2)17-16(20)6-4-12(18(17)22)8-11(3)14-9-13(21)5-7-15(14)19/h4-7,9-11H,8H2,1-3H3. The Morgan fingerprint density at radius 1 is 0.955 bits per heavy atom. The lowest BCUT2D eigenvalue weighted by Gasteiger charge is -2.17. The zero-order valence-corrected chi connectivity index (χ0v) is 14.3. The van der Waals surface area contributed by atoms with Gasteiger partial charge in [-0.05, 0) is 53.6 Å². The SMILES string of the molecule is CC(C)c1c(Cl)ccc(CC(C)c2cc(F)ccc2Cl)c1F. The fourth-order valence-electron chi connectivity index (χ4n) is 2.63. The monoisotopic (exact) mass is 342 g/mol. The highest BCUT2D eigenvalue weighted by atomic mass is 35.5. The van der Waals surface area contributed by atoms with E-state index < -0.39 is 0 Å². The topological polar surface area (TPSA) is 0 Å². The molecule has 0 nitrogen and oxygen atoms in total. The van der Waals surface area contributed by atoms with Crippen molar-refractivity contribution in [3.8, 4) is 0 Å². The van der Waals surface area contributed by atoms with Crippen LogP contribution in [0.4, 0.5) is 8.78 Å². The van der Waals surface area contributed by atoms with E-state index in [2.05, 4.69) is 0 Å². The van der Waals surface area contributed by atoms with Crippen molar-refractivity contribution < 1.29 is 8.78 Å². The molecule has 0 saturated carbocycles. The van der Waals surface area contributed by atoms with Gasteiger partial charge in [0.05, 0.1) is 0 Å². The highest BCUT2D eigenvalue weighted by Crippen LogP contribution is 2.33. The maximum Gasteiger partial charge on any atom is 0.131 e. The first kappa shape index (κ1) is 17.2. The van der Waals surface area contributed by atoms with Crippen molar-refractivity contribution in [2.75, 3.05) is 0 Å². The van der Waals surface area contributed by atoms with Crippen LogP contribution in [0.3, 0.4) is 0 Å². The molecule has 0 aliphatic heterocycles. The summed E-state index contributed by atoms with van der Waals surface area (Å²) in [5, 5.41) is 0.931. The van der Waals surface area contributed by atoms with Gasteiger partial charge in [0.1, 0.15) is 11.6 Å². The zero-order valence-electron chi connectivity index (χ0n) is 12.8. The van der Waals surface area contributed by atoms with Gasteiger partial charge in [-0.3, -0.25) is 0 Å². The molecule has 2 aromatic carbocycles. The summed E-state index contributed by atoms with van der Waals surface area (Å²) in [5.41, 5.74) is 1.78. The van der Waals surface area contributed by atoms with Crippen LogP contribution in [0.5, 0.6) is 0 Å². The van der Waals surface area contributed by atoms with Gasteiger partial charge in [0.2, 0.25) is 0 Å². The lowest BCUT2D eigenvalue weighted by Crippen LogP contribution is -2.05. The third kappa shape index (κ3) is 3.61. The number of halogens is 4. The highest BCUT2D eigenvalue weighted by Gasteiger charge is 2.18. The van der Waals surface area contributed by atoms with E-state index in [1.54, 1.807) is 12.1 Å². The average Bonchev–Trinajstić information content (AvgIpc) is 2.44. The Balaban J connectivity index is 2.35. The number of hydrogen-bond donors (Lipinski definition) is 0. The van der Waals surface area contributed by atoms with Gasteiger partial charge in [-0.1, -0.05) is 50.0 Å². The normalized spacial score (nSPS) is 12.7. The first-order valence-electron chi connectivity index (χ1n) is 7.23. The Labute approximate surface area is 140 Å². The molecule has 0 bridgehead atoms. The highest BCUT2D eigenvalue weighted by molar-refractivity contribution is 6.31. The quantitative estimate of drug-likeness (QED) is 0.576. The molecule has 4 heteroatoms. The molecule has 0 heterocycles. The molecule has 0 spiro atoms. The molecule has 0 fully saturated rings. The summed E-state index contributed by atoms with van der Waals surface area (Å²) in [6, 6.07) is 7.66. The molecule has 2 rings (SSSR count). The third-order valence-electron chi connectivity index (χ3n) is 3.80. The van der Waals surface area contributed by atoms with E-state index >= 15 is 0 Å². The van der Waals surface area contributed by atoms with Crippen LogP contribution >= 0.6 is 23.2 Å². The van der Waals surface area contributed by atoms with Gasteiger partial charge in [-0.25, -0.2) is 8.78 Å². The second kappa shape index (κ2) is 6.97. The lowest BCUT2D eigenvalue weighted by atomic mass is 9.91. The van der Waals surface area contributed by atoms with Gasteiger partial charge in [0, 0.05) is 15.6 Å². The zero-order chi connectivity index (χ0) is 16.4. The minimum atomic E-state index is -0.342. The largest absolute Gasteiger partial charge is 0.207 e. The van der Waals surface area contributed by atoms with Crippen LogP contribution in [0.15, 0.2) is 30.3 Å². The van der Waals surface area contributed by atoms with Gasteiger partial charge < -0.3 is 0 Å². The molecule has 0 amide bonds. The second-order valence-corrected chi connectivity index (χ2v) is 6.67. The molecule has 0 radical (unpaired) electrons. The van der Waals surface area contributed by atoms with Gasteiger partial charge in [0.25, 0.3) is 0 Å². The van der Waals surface area contributed by atoms with Crippen LogP contribution < -0.4 is 0 Å². The summed E-state index contributed by atoms with van der Waals surface area (Å²) in [5.74, 6) is -0.716. The van der Waals surface area contributed by atoms with E-state index in [0.717, 1.165) is 0 Å². The summed E-state index contributed by atoms with van der Waals surface area (Å²) in [6.07, 6.45) is 0.436. The Morgan fingerprint density at radius 2 is 1.59 bits per heavy atom. The second-order valence-electron chi connectivity index (χ2n) is 5.86. The van der Waals surface area contributed by atoms with Crippen molar-refractivity contribution in [1.82, 2.24) is 0 Å². The van der Waals surface area contributed by atoms with E-state index in [0.29, 0.717) is 33.2 Å². The van der Waals surface area contributed by atoms with Crippen LogP contribution in [0, 0.1) is 11.6 Å². The van der Waals surface area contributed by atoms with Crippen LogP contribution in [0.2, 0.25) is 10.0 Å². The van der Waals surface area contributed by atoms with E-state index in [9.17, 15) is 8.78 Å². The van der Waals surface area contributed by atoms with Crippen molar-refractivity contribution in [3.05, 3.63) is 68.7 Å². The van der Waals surface area contributed by atoms with Crippen LogP contribution in [-0.2, 0) is 6.42 Å². The first-order valence-corrected chi connectivity index (χ1v) is 7.98. The van der Waals surface area contributed by atoms with E-state index in [4.69, 9.17) is 23.2 Å². The van der Waals surface area contributed by atoms with Gasteiger partial charge in [0.15, 0.2) is 0 Å². The number of benzene rings is 2. The summed E-state index contributed by atoms with van der Waals surface area (Å²) in [7, 11) is 0. The summed E-state index contributed by atoms with van der Waals surface area (Å²) in [6.45, 7) is 5.71. The average molecular weight is 343 g/mol. The predicted molar refractivity (Wildman–Crippen MR) is 89.0 cm³/mol. The molecule has 22 heavy (non-hydrogen) atoms.